The summed E-state index contributed by atoms with van der Waals surface area (Å²) in [6.45, 7) is 10.1. The highest BCUT2D eigenvalue weighted by Gasteiger charge is 2.35. The molecule has 6 heteroatoms. The number of Topliss-reactive ketones (excluding diaryl/α,β-unsaturated/α-hetero) is 1. The predicted molar refractivity (Wildman–Crippen MR) is 112 cm³/mol. The fraction of sp³-hybridized carbons (Fsp3) is 0.739. The summed E-state index contributed by atoms with van der Waals surface area (Å²) in [5.74, 6) is 0.200. The van der Waals surface area contributed by atoms with Crippen LogP contribution in [0.5, 0.6) is 0 Å². The second-order valence-corrected chi connectivity index (χ2v) is 9.37. The summed E-state index contributed by atoms with van der Waals surface area (Å²) in [7, 11) is 0. The number of nitrogens with zero attached hydrogens (tertiary/aromatic N) is 1. The number of unbranched alkanes of at least 4 members (excludes halogenated alkanes) is 2. The molecule has 2 heterocycles. The van der Waals surface area contributed by atoms with Gasteiger partial charge in [0.2, 0.25) is 5.91 Å². The van der Waals surface area contributed by atoms with Crippen LogP contribution in [-0.4, -0.2) is 29.2 Å². The standard InChI is InChI=1S/C23H36N2O4/c1-16-17(2)25(18-14-23(3,4)15-19(26)22(16)18)12-8-5-6-10-20(27)24-29-21-11-7-9-13-28-21/h21H,5-15H2,1-4H3,(H,24,27). The third-order valence-electron chi connectivity index (χ3n) is 6.23. The summed E-state index contributed by atoms with van der Waals surface area (Å²) in [6, 6.07) is 0. The van der Waals surface area contributed by atoms with Crippen molar-refractivity contribution in [1.29, 1.82) is 0 Å². The molecule has 1 aliphatic carbocycles. The number of ether oxygens (including phenoxy) is 1. The van der Waals surface area contributed by atoms with Gasteiger partial charge in [-0.25, -0.2) is 10.3 Å². The summed E-state index contributed by atoms with van der Waals surface area (Å²) in [5.41, 5.74) is 7.07. The van der Waals surface area contributed by atoms with E-state index in [4.69, 9.17) is 9.57 Å². The first kappa shape index (κ1) is 22.0. The molecule has 1 amide bonds. The lowest BCUT2D eigenvalue weighted by Gasteiger charge is -2.30. The summed E-state index contributed by atoms with van der Waals surface area (Å²) < 4.78 is 7.78. The van der Waals surface area contributed by atoms with Crippen molar-refractivity contribution in [1.82, 2.24) is 10.0 Å². The quantitative estimate of drug-likeness (QED) is 0.515. The minimum Gasteiger partial charge on any atom is -0.350 e. The predicted octanol–water partition coefficient (Wildman–Crippen LogP) is 4.39. The summed E-state index contributed by atoms with van der Waals surface area (Å²) in [6.07, 6.45) is 7.50. The average molecular weight is 405 g/mol. The number of hydroxylamine groups is 1. The third kappa shape index (κ3) is 5.48. The SMILES string of the molecule is Cc1c2c(n(CCCCCC(=O)NOC3CCCCO3)c1C)CC(C)(C)CC2=O. The summed E-state index contributed by atoms with van der Waals surface area (Å²) in [5, 5.41) is 0. The van der Waals surface area contributed by atoms with Crippen LogP contribution in [-0.2, 0) is 27.3 Å². The van der Waals surface area contributed by atoms with Crippen molar-refractivity contribution < 1.29 is 19.2 Å². The number of nitrogens with one attached hydrogen (secondary N) is 1. The van der Waals surface area contributed by atoms with E-state index in [1.165, 1.54) is 11.4 Å². The topological polar surface area (TPSA) is 69.6 Å². The van der Waals surface area contributed by atoms with Crippen molar-refractivity contribution in [3.63, 3.8) is 0 Å². The van der Waals surface area contributed by atoms with Crippen molar-refractivity contribution in [2.24, 2.45) is 5.41 Å². The molecule has 2 aliphatic rings. The van der Waals surface area contributed by atoms with E-state index in [1.54, 1.807) is 0 Å². The highest BCUT2D eigenvalue weighted by Crippen LogP contribution is 2.38. The lowest BCUT2D eigenvalue weighted by Crippen LogP contribution is -2.32. The average Bonchev–Trinajstić information content (AvgIpc) is 2.90. The van der Waals surface area contributed by atoms with Crippen LogP contribution in [0, 0.1) is 19.3 Å². The number of hydrogen-bond donors (Lipinski definition) is 1. The molecule has 1 N–H and O–H groups in total. The maximum absolute atomic E-state index is 12.6. The Morgan fingerprint density at radius 2 is 2.00 bits per heavy atom. The number of rotatable bonds is 8. The van der Waals surface area contributed by atoms with Crippen LogP contribution < -0.4 is 5.48 Å². The zero-order valence-corrected chi connectivity index (χ0v) is 18.4. The lowest BCUT2D eigenvalue weighted by molar-refractivity contribution is -0.200. The normalized spacial score (nSPS) is 21.1. The van der Waals surface area contributed by atoms with E-state index in [-0.39, 0.29) is 23.4 Å². The van der Waals surface area contributed by atoms with Crippen LogP contribution in [0.3, 0.4) is 0 Å². The van der Waals surface area contributed by atoms with Gasteiger partial charge >= 0.3 is 0 Å². The van der Waals surface area contributed by atoms with Gasteiger partial charge in [-0.3, -0.25) is 9.59 Å². The Kier molecular flexibility index (Phi) is 7.17. The third-order valence-corrected chi connectivity index (χ3v) is 6.23. The van der Waals surface area contributed by atoms with Crippen molar-refractivity contribution in [2.75, 3.05) is 6.61 Å². The molecule has 1 aliphatic heterocycles. The molecule has 29 heavy (non-hydrogen) atoms. The molecule has 6 nitrogen and oxygen atoms in total. The van der Waals surface area contributed by atoms with Crippen molar-refractivity contribution in [3.05, 3.63) is 22.5 Å². The lowest BCUT2D eigenvalue weighted by atomic mass is 9.75. The molecule has 0 bridgehead atoms. The van der Waals surface area contributed by atoms with Crippen molar-refractivity contribution >= 4 is 11.7 Å². The van der Waals surface area contributed by atoms with Crippen LogP contribution in [0.15, 0.2) is 0 Å². The van der Waals surface area contributed by atoms with Gasteiger partial charge in [0, 0.05) is 49.4 Å². The molecule has 0 radical (unpaired) electrons. The molecular formula is C23H36N2O4. The highest BCUT2D eigenvalue weighted by molar-refractivity contribution is 6.00. The van der Waals surface area contributed by atoms with Crippen LogP contribution >= 0.6 is 0 Å². The Balaban J connectivity index is 1.43. The van der Waals surface area contributed by atoms with Crippen LogP contribution in [0.4, 0.5) is 0 Å². The van der Waals surface area contributed by atoms with E-state index in [2.05, 4.69) is 37.7 Å². The minimum absolute atomic E-state index is 0.0270. The molecular weight excluding hydrogens is 368 g/mol. The molecule has 3 rings (SSSR count). The number of hydrogen-bond acceptors (Lipinski definition) is 4. The molecule has 0 spiro atoms. The first-order chi connectivity index (χ1) is 13.8. The van der Waals surface area contributed by atoms with Gasteiger partial charge in [-0.2, -0.15) is 0 Å². The van der Waals surface area contributed by atoms with Gasteiger partial charge in [0.25, 0.3) is 0 Å². The van der Waals surface area contributed by atoms with Gasteiger partial charge in [-0.1, -0.05) is 20.3 Å². The Labute approximate surface area is 174 Å². The zero-order chi connectivity index (χ0) is 21.0. The number of carbonyl (C=O) groups excluding carboxylic acids is 2. The summed E-state index contributed by atoms with van der Waals surface area (Å²) >= 11 is 0. The van der Waals surface area contributed by atoms with E-state index in [0.29, 0.717) is 19.4 Å². The molecule has 1 unspecified atom stereocenters. The molecule has 1 fully saturated rings. The number of amides is 1. The van der Waals surface area contributed by atoms with Gasteiger partial charge in [0.15, 0.2) is 12.1 Å². The van der Waals surface area contributed by atoms with Crippen molar-refractivity contribution in [3.8, 4) is 0 Å². The van der Waals surface area contributed by atoms with Gasteiger partial charge in [-0.05, 0) is 56.9 Å². The first-order valence-corrected chi connectivity index (χ1v) is 11.1. The molecule has 1 atom stereocenters. The molecule has 0 saturated carbocycles. The molecule has 1 aromatic rings. The molecule has 0 aromatic carbocycles. The Bertz CT molecular complexity index is 745. The number of ketones is 1. The van der Waals surface area contributed by atoms with E-state index in [9.17, 15) is 9.59 Å². The second kappa shape index (κ2) is 9.43. The fourth-order valence-electron chi connectivity index (χ4n) is 4.55. The maximum atomic E-state index is 12.6. The second-order valence-electron chi connectivity index (χ2n) is 9.37. The van der Waals surface area contributed by atoms with Crippen LogP contribution in [0.2, 0.25) is 0 Å². The Morgan fingerprint density at radius 3 is 2.72 bits per heavy atom. The van der Waals surface area contributed by atoms with E-state index in [1.807, 2.05) is 0 Å². The largest absolute Gasteiger partial charge is 0.350 e. The first-order valence-electron chi connectivity index (χ1n) is 11.1. The number of fused-ring (bicyclic) bond motifs is 1. The molecule has 1 aromatic heterocycles. The van der Waals surface area contributed by atoms with Gasteiger partial charge < -0.3 is 9.30 Å². The van der Waals surface area contributed by atoms with Gasteiger partial charge in [0.1, 0.15) is 0 Å². The number of carbonyl (C=O) groups is 2. The smallest absolute Gasteiger partial charge is 0.243 e. The molecule has 1 saturated heterocycles. The monoisotopic (exact) mass is 404 g/mol. The highest BCUT2D eigenvalue weighted by atomic mass is 16.8. The summed E-state index contributed by atoms with van der Waals surface area (Å²) in [4.78, 5) is 29.9. The minimum atomic E-state index is -0.300. The Hall–Kier alpha value is -1.66. The van der Waals surface area contributed by atoms with E-state index < -0.39 is 0 Å². The van der Waals surface area contributed by atoms with Gasteiger partial charge in [-0.15, -0.1) is 0 Å². The number of aromatic nitrogens is 1. The van der Waals surface area contributed by atoms with E-state index >= 15 is 0 Å². The van der Waals surface area contributed by atoms with Crippen LogP contribution in [0.25, 0.3) is 0 Å². The van der Waals surface area contributed by atoms with Crippen molar-refractivity contribution in [2.45, 2.75) is 98.3 Å². The fourth-order valence-corrected chi connectivity index (χ4v) is 4.55. The van der Waals surface area contributed by atoms with Crippen LogP contribution in [0.1, 0.15) is 92.5 Å². The van der Waals surface area contributed by atoms with E-state index in [0.717, 1.165) is 62.6 Å². The zero-order valence-electron chi connectivity index (χ0n) is 18.4. The Morgan fingerprint density at radius 1 is 1.21 bits per heavy atom. The maximum Gasteiger partial charge on any atom is 0.243 e. The van der Waals surface area contributed by atoms with Gasteiger partial charge in [0.05, 0.1) is 0 Å². The molecule has 162 valence electrons.